The van der Waals surface area contributed by atoms with Gasteiger partial charge in [0, 0.05) is 43.8 Å². The molecule has 23 heavy (non-hydrogen) atoms. The van der Waals surface area contributed by atoms with Crippen molar-refractivity contribution in [3.05, 3.63) is 28.9 Å². The number of nitrogens with zero attached hydrogens (tertiary/aromatic N) is 5. The van der Waals surface area contributed by atoms with Gasteiger partial charge in [0.25, 0.3) is 5.56 Å². The molecule has 2 aromatic rings. The second-order valence-electron chi connectivity index (χ2n) is 5.38. The Morgan fingerprint density at radius 1 is 1.26 bits per heavy atom. The first-order chi connectivity index (χ1) is 11.2. The van der Waals surface area contributed by atoms with Crippen LogP contribution >= 0.6 is 0 Å². The molecule has 0 unspecified atom stereocenters. The van der Waals surface area contributed by atoms with Crippen molar-refractivity contribution in [3.8, 4) is 11.3 Å². The maximum Gasteiger partial charge on any atom is 0.293 e. The average molecular weight is 316 g/mol. The number of hydrogen-bond acceptors (Lipinski definition) is 7. The highest BCUT2D eigenvalue weighted by atomic mass is 16.5. The van der Waals surface area contributed by atoms with E-state index in [0.717, 1.165) is 12.0 Å². The molecule has 2 N–H and O–H groups in total. The van der Waals surface area contributed by atoms with E-state index in [1.807, 2.05) is 11.8 Å². The second-order valence-corrected chi connectivity index (χ2v) is 5.38. The Balaban J connectivity index is 2.07. The van der Waals surface area contributed by atoms with Gasteiger partial charge in [-0.2, -0.15) is 0 Å². The van der Waals surface area contributed by atoms with Crippen LogP contribution in [0, 0.1) is 0 Å². The molecular weight excluding hydrogens is 296 g/mol. The van der Waals surface area contributed by atoms with Gasteiger partial charge in [0.2, 0.25) is 5.95 Å². The van der Waals surface area contributed by atoms with Crippen LogP contribution in [-0.4, -0.2) is 45.8 Å². The summed E-state index contributed by atoms with van der Waals surface area (Å²) in [6, 6.07) is 0. The van der Waals surface area contributed by atoms with Gasteiger partial charge in [-0.3, -0.25) is 4.79 Å². The lowest BCUT2D eigenvalue weighted by atomic mass is 10.2. The second kappa shape index (κ2) is 6.74. The van der Waals surface area contributed by atoms with Crippen molar-refractivity contribution in [2.45, 2.75) is 19.9 Å². The Bertz CT molecular complexity index is 722. The van der Waals surface area contributed by atoms with Gasteiger partial charge in [0.05, 0.1) is 18.9 Å². The van der Waals surface area contributed by atoms with Gasteiger partial charge < -0.3 is 19.9 Å². The van der Waals surface area contributed by atoms with Gasteiger partial charge in [-0.1, -0.05) is 6.92 Å². The monoisotopic (exact) mass is 316 g/mol. The number of aryl methyl sites for hydroxylation is 1. The largest absolute Gasteiger partial charge is 0.378 e. The van der Waals surface area contributed by atoms with Gasteiger partial charge in [-0.05, 0) is 6.42 Å². The zero-order valence-electron chi connectivity index (χ0n) is 13.1. The van der Waals surface area contributed by atoms with E-state index in [9.17, 15) is 4.79 Å². The fraction of sp³-hybridized carbons (Fsp3) is 0.467. The number of morpholine rings is 1. The molecule has 2 aromatic heterocycles. The topological polar surface area (TPSA) is 99.2 Å². The fourth-order valence-corrected chi connectivity index (χ4v) is 2.52. The molecule has 0 amide bonds. The van der Waals surface area contributed by atoms with Crippen LogP contribution in [0.25, 0.3) is 11.3 Å². The number of aromatic nitrogens is 4. The van der Waals surface area contributed by atoms with E-state index >= 15 is 0 Å². The molecule has 0 radical (unpaired) electrons. The number of nitrogen functional groups attached to an aromatic ring is 1. The van der Waals surface area contributed by atoms with Crippen molar-refractivity contribution >= 4 is 11.8 Å². The quantitative estimate of drug-likeness (QED) is 0.878. The molecule has 122 valence electrons. The first-order valence-corrected chi connectivity index (χ1v) is 7.71. The highest BCUT2D eigenvalue weighted by Gasteiger charge is 2.19. The van der Waals surface area contributed by atoms with E-state index in [1.54, 1.807) is 23.2 Å². The zero-order chi connectivity index (χ0) is 16.2. The zero-order valence-corrected chi connectivity index (χ0v) is 13.1. The van der Waals surface area contributed by atoms with Crippen LogP contribution in [0.4, 0.5) is 11.8 Å². The Labute approximate surface area is 134 Å². The van der Waals surface area contributed by atoms with Crippen LogP contribution in [0.5, 0.6) is 0 Å². The molecule has 1 saturated heterocycles. The molecular formula is C15H20N6O2. The molecule has 1 aliphatic rings. The summed E-state index contributed by atoms with van der Waals surface area (Å²) in [5, 5.41) is 0. The normalized spacial score (nSPS) is 14.9. The summed E-state index contributed by atoms with van der Waals surface area (Å²) in [7, 11) is 0. The van der Waals surface area contributed by atoms with Crippen LogP contribution in [0.2, 0.25) is 0 Å². The molecule has 0 atom stereocenters. The van der Waals surface area contributed by atoms with E-state index < -0.39 is 0 Å². The predicted octanol–water partition coefficient (Wildman–Crippen LogP) is 0.529. The van der Waals surface area contributed by atoms with Gasteiger partial charge >= 0.3 is 0 Å². The third-order valence-corrected chi connectivity index (χ3v) is 3.70. The molecule has 0 aromatic carbocycles. The lowest BCUT2D eigenvalue weighted by molar-refractivity contribution is 0.122. The van der Waals surface area contributed by atoms with Crippen molar-refractivity contribution in [1.82, 2.24) is 19.5 Å². The molecule has 0 aliphatic carbocycles. The molecule has 0 spiro atoms. The molecule has 0 saturated carbocycles. The van der Waals surface area contributed by atoms with Gasteiger partial charge in [0.1, 0.15) is 0 Å². The lowest BCUT2D eigenvalue weighted by Gasteiger charge is -2.28. The van der Waals surface area contributed by atoms with Gasteiger partial charge in [0.15, 0.2) is 5.82 Å². The van der Waals surface area contributed by atoms with Crippen LogP contribution < -0.4 is 16.2 Å². The Hall–Kier alpha value is -2.48. The first-order valence-electron chi connectivity index (χ1n) is 7.71. The van der Waals surface area contributed by atoms with E-state index in [-0.39, 0.29) is 11.5 Å². The van der Waals surface area contributed by atoms with E-state index in [1.165, 1.54) is 0 Å². The van der Waals surface area contributed by atoms with Crippen molar-refractivity contribution in [2.24, 2.45) is 0 Å². The summed E-state index contributed by atoms with van der Waals surface area (Å²) in [6.07, 6.45) is 5.86. The molecule has 8 heteroatoms. The van der Waals surface area contributed by atoms with Gasteiger partial charge in [-0.15, -0.1) is 0 Å². The van der Waals surface area contributed by atoms with Crippen LogP contribution in [0.1, 0.15) is 13.3 Å². The summed E-state index contributed by atoms with van der Waals surface area (Å²) in [6.45, 7) is 5.20. The summed E-state index contributed by atoms with van der Waals surface area (Å²) < 4.78 is 7.05. The highest BCUT2D eigenvalue weighted by Crippen LogP contribution is 2.18. The predicted molar refractivity (Wildman–Crippen MR) is 87.3 cm³/mol. The molecule has 1 aliphatic heterocycles. The fourth-order valence-electron chi connectivity index (χ4n) is 2.52. The number of nitrogens with two attached hydrogens (primary N) is 1. The third-order valence-electron chi connectivity index (χ3n) is 3.70. The van der Waals surface area contributed by atoms with E-state index in [2.05, 4.69) is 15.0 Å². The van der Waals surface area contributed by atoms with Crippen molar-refractivity contribution in [1.29, 1.82) is 0 Å². The minimum Gasteiger partial charge on any atom is -0.378 e. The number of rotatable bonds is 4. The Kier molecular flexibility index (Phi) is 4.52. The van der Waals surface area contributed by atoms with Crippen LogP contribution in [0.3, 0.4) is 0 Å². The van der Waals surface area contributed by atoms with E-state index in [4.69, 9.17) is 10.5 Å². The maximum atomic E-state index is 12.7. The van der Waals surface area contributed by atoms with Crippen molar-refractivity contribution < 1.29 is 4.74 Å². The number of hydrogen-bond donors (Lipinski definition) is 1. The minimum absolute atomic E-state index is 0.0751. The summed E-state index contributed by atoms with van der Waals surface area (Å²) in [5.41, 5.74) is 6.86. The first kappa shape index (κ1) is 15.4. The maximum absolute atomic E-state index is 12.7. The Morgan fingerprint density at radius 3 is 2.61 bits per heavy atom. The van der Waals surface area contributed by atoms with Crippen molar-refractivity contribution in [2.75, 3.05) is 36.9 Å². The smallest absolute Gasteiger partial charge is 0.293 e. The van der Waals surface area contributed by atoms with Gasteiger partial charge in [-0.25, -0.2) is 15.0 Å². The van der Waals surface area contributed by atoms with Crippen LogP contribution in [-0.2, 0) is 11.3 Å². The Morgan fingerprint density at radius 2 is 1.96 bits per heavy atom. The molecule has 3 heterocycles. The number of ether oxygens (including phenoxy) is 1. The standard InChI is InChI=1S/C15H20N6O2/c1-2-3-21-10-12(11-8-17-15(16)18-9-11)19-13(14(21)22)20-4-6-23-7-5-20/h8-10H,2-7H2,1H3,(H2,16,17,18). The summed E-state index contributed by atoms with van der Waals surface area (Å²) in [4.78, 5) is 27.2. The molecule has 1 fully saturated rings. The molecule has 3 rings (SSSR count). The minimum atomic E-state index is -0.0751. The number of anilines is 2. The summed E-state index contributed by atoms with van der Waals surface area (Å²) >= 11 is 0. The highest BCUT2D eigenvalue weighted by molar-refractivity contribution is 5.59. The molecule has 8 nitrogen and oxygen atoms in total. The summed E-state index contributed by atoms with van der Waals surface area (Å²) in [5.74, 6) is 0.667. The van der Waals surface area contributed by atoms with Crippen molar-refractivity contribution in [3.63, 3.8) is 0 Å². The SMILES string of the molecule is CCCn1cc(-c2cnc(N)nc2)nc(N2CCOCC2)c1=O. The average Bonchev–Trinajstić information content (AvgIpc) is 2.58. The van der Waals surface area contributed by atoms with Crippen LogP contribution in [0.15, 0.2) is 23.4 Å². The van der Waals surface area contributed by atoms with E-state index in [0.29, 0.717) is 44.4 Å². The third kappa shape index (κ3) is 3.31. The molecule has 0 bridgehead atoms. The lowest BCUT2D eigenvalue weighted by Crippen LogP contribution is -2.41.